The van der Waals surface area contributed by atoms with Crippen molar-refractivity contribution in [2.45, 2.75) is 27.4 Å². The molecule has 36 heavy (non-hydrogen) atoms. The molecule has 186 valence electrons. The molecule has 0 aromatic heterocycles. The summed E-state index contributed by atoms with van der Waals surface area (Å²) >= 11 is 0. The summed E-state index contributed by atoms with van der Waals surface area (Å²) < 4.78 is 15.9. The molecule has 0 spiro atoms. The zero-order valence-corrected chi connectivity index (χ0v) is 20.3. The molecule has 0 unspecified atom stereocenters. The number of carbonyl (C=O) groups excluding carboxylic acids is 4. The van der Waals surface area contributed by atoms with Gasteiger partial charge in [-0.3, -0.25) is 9.59 Å². The maximum absolute atomic E-state index is 12.7. The Morgan fingerprint density at radius 3 is 2.14 bits per heavy atom. The lowest BCUT2D eigenvalue weighted by atomic mass is 10.1. The molecule has 3 aromatic rings. The van der Waals surface area contributed by atoms with Crippen molar-refractivity contribution in [1.29, 1.82) is 0 Å². The Hall–Kier alpha value is -4.46. The quantitative estimate of drug-likeness (QED) is 0.259. The van der Waals surface area contributed by atoms with Gasteiger partial charge in [-0.15, -0.1) is 0 Å². The van der Waals surface area contributed by atoms with Gasteiger partial charge in [0, 0.05) is 5.56 Å². The highest BCUT2D eigenvalue weighted by atomic mass is 16.6. The molecule has 3 aromatic carbocycles. The van der Waals surface area contributed by atoms with Gasteiger partial charge in [-0.05, 0) is 42.8 Å². The van der Waals surface area contributed by atoms with E-state index < -0.39 is 29.7 Å². The van der Waals surface area contributed by atoms with Crippen molar-refractivity contribution in [3.8, 4) is 11.5 Å². The second kappa shape index (κ2) is 12.3. The highest BCUT2D eigenvalue weighted by molar-refractivity contribution is 6.00. The number of nitrogens with one attached hydrogen (secondary N) is 1. The van der Waals surface area contributed by atoms with Gasteiger partial charge < -0.3 is 19.5 Å². The average molecular weight is 490 g/mol. The van der Waals surface area contributed by atoms with Gasteiger partial charge in [0.2, 0.25) is 0 Å². The summed E-state index contributed by atoms with van der Waals surface area (Å²) in [5.74, 6) is -2.17. The van der Waals surface area contributed by atoms with E-state index in [1.807, 2.05) is 37.3 Å². The van der Waals surface area contributed by atoms with Crippen LogP contribution in [-0.4, -0.2) is 30.4 Å². The van der Waals surface area contributed by atoms with Crippen molar-refractivity contribution in [1.82, 2.24) is 5.32 Å². The highest BCUT2D eigenvalue weighted by Gasteiger charge is 2.20. The number of hydrogen-bond donors (Lipinski definition) is 1. The van der Waals surface area contributed by atoms with E-state index in [-0.39, 0.29) is 30.2 Å². The lowest BCUT2D eigenvalue weighted by molar-refractivity contribution is -0.137. The molecular formula is C28H27NO7. The molecule has 1 N–H and O–H groups in total. The summed E-state index contributed by atoms with van der Waals surface area (Å²) in [4.78, 5) is 49.5. The Morgan fingerprint density at radius 2 is 1.47 bits per heavy atom. The van der Waals surface area contributed by atoms with Gasteiger partial charge in [-0.25, -0.2) is 9.59 Å². The maximum atomic E-state index is 12.7. The minimum atomic E-state index is -0.749. The summed E-state index contributed by atoms with van der Waals surface area (Å²) in [6.07, 6.45) is -0.749. The van der Waals surface area contributed by atoms with Crippen molar-refractivity contribution in [2.24, 2.45) is 5.92 Å². The van der Waals surface area contributed by atoms with Crippen LogP contribution in [0.3, 0.4) is 0 Å². The minimum absolute atomic E-state index is 0.000872. The Bertz CT molecular complexity index is 1230. The number of hydrogen-bond acceptors (Lipinski definition) is 7. The van der Waals surface area contributed by atoms with Crippen LogP contribution in [0.25, 0.3) is 0 Å². The average Bonchev–Trinajstić information content (AvgIpc) is 2.87. The number of carbonyl (C=O) groups is 4. The topological polar surface area (TPSA) is 108 Å². The van der Waals surface area contributed by atoms with Gasteiger partial charge in [-0.1, -0.05) is 61.9 Å². The fraction of sp³-hybridized carbons (Fsp3) is 0.214. The van der Waals surface area contributed by atoms with Crippen LogP contribution in [0, 0.1) is 12.8 Å². The number of benzene rings is 3. The number of ether oxygens (including phenoxy) is 3. The number of amides is 1. The van der Waals surface area contributed by atoms with Crippen LogP contribution in [0.4, 0.5) is 4.79 Å². The van der Waals surface area contributed by atoms with Gasteiger partial charge in [0.1, 0.15) is 6.61 Å². The molecule has 0 bridgehead atoms. The van der Waals surface area contributed by atoms with Gasteiger partial charge in [0.25, 0.3) is 0 Å². The third-order valence-corrected chi connectivity index (χ3v) is 5.04. The number of ketones is 1. The molecule has 0 saturated carbocycles. The summed E-state index contributed by atoms with van der Waals surface area (Å²) in [6, 6.07) is 20.0. The van der Waals surface area contributed by atoms with Crippen molar-refractivity contribution in [2.75, 3.05) is 6.54 Å². The fourth-order valence-corrected chi connectivity index (χ4v) is 2.95. The first-order valence-corrected chi connectivity index (χ1v) is 11.3. The standard InChI is InChI=1S/C28H27NO7/c1-18(2)26(31)35-24-14-13-22(15-25(24)36-27(32)21-11-9-19(3)10-12-21)23(30)16-29-28(33)34-17-20-7-5-4-6-8-20/h4-15,18H,16-17H2,1-3H3,(H,29,33). The third kappa shape index (κ3) is 7.53. The predicted molar refractivity (Wildman–Crippen MR) is 132 cm³/mol. The molecular weight excluding hydrogens is 462 g/mol. The fourth-order valence-electron chi connectivity index (χ4n) is 2.95. The lowest BCUT2D eigenvalue weighted by Gasteiger charge is -2.13. The van der Waals surface area contributed by atoms with E-state index in [0.29, 0.717) is 5.56 Å². The van der Waals surface area contributed by atoms with E-state index in [4.69, 9.17) is 14.2 Å². The highest BCUT2D eigenvalue weighted by Crippen LogP contribution is 2.30. The second-order valence-electron chi connectivity index (χ2n) is 8.33. The Morgan fingerprint density at radius 1 is 0.806 bits per heavy atom. The van der Waals surface area contributed by atoms with Crippen LogP contribution in [0.2, 0.25) is 0 Å². The minimum Gasteiger partial charge on any atom is -0.445 e. The smallest absolute Gasteiger partial charge is 0.407 e. The van der Waals surface area contributed by atoms with Crippen molar-refractivity contribution in [3.63, 3.8) is 0 Å². The molecule has 0 saturated heterocycles. The largest absolute Gasteiger partial charge is 0.445 e. The molecule has 0 aliphatic carbocycles. The molecule has 3 rings (SSSR count). The molecule has 8 nitrogen and oxygen atoms in total. The molecule has 0 atom stereocenters. The predicted octanol–water partition coefficient (Wildman–Crippen LogP) is 4.88. The first-order chi connectivity index (χ1) is 17.2. The number of alkyl carbamates (subject to hydrolysis) is 1. The number of aryl methyl sites for hydroxylation is 1. The van der Waals surface area contributed by atoms with Gasteiger partial charge in [-0.2, -0.15) is 0 Å². The van der Waals surface area contributed by atoms with Gasteiger partial charge >= 0.3 is 18.0 Å². The molecule has 0 aliphatic rings. The molecule has 0 heterocycles. The normalized spacial score (nSPS) is 10.4. The third-order valence-electron chi connectivity index (χ3n) is 5.04. The SMILES string of the molecule is Cc1ccc(C(=O)Oc2cc(C(=O)CNC(=O)OCc3ccccc3)ccc2OC(=O)C(C)C)cc1. The van der Waals surface area contributed by atoms with Crippen LogP contribution in [0.5, 0.6) is 11.5 Å². The van der Waals surface area contributed by atoms with Crippen molar-refractivity contribution >= 4 is 23.8 Å². The molecule has 8 heteroatoms. The van der Waals surface area contributed by atoms with Crippen LogP contribution < -0.4 is 14.8 Å². The van der Waals surface area contributed by atoms with Gasteiger partial charge in [0.15, 0.2) is 17.3 Å². The molecule has 0 aliphatic heterocycles. The van der Waals surface area contributed by atoms with E-state index in [1.54, 1.807) is 38.1 Å². The number of Topliss-reactive ketones (excluding diaryl/α,β-unsaturated/α-hetero) is 1. The Labute approximate surface area is 209 Å². The number of rotatable bonds is 9. The zero-order valence-electron chi connectivity index (χ0n) is 20.3. The van der Waals surface area contributed by atoms with Gasteiger partial charge in [0.05, 0.1) is 18.0 Å². The van der Waals surface area contributed by atoms with Crippen LogP contribution in [0.15, 0.2) is 72.8 Å². The van der Waals surface area contributed by atoms with Crippen LogP contribution in [-0.2, 0) is 16.1 Å². The second-order valence-corrected chi connectivity index (χ2v) is 8.33. The Balaban J connectivity index is 1.70. The van der Waals surface area contributed by atoms with E-state index in [2.05, 4.69) is 5.32 Å². The van der Waals surface area contributed by atoms with Crippen LogP contribution in [0.1, 0.15) is 45.7 Å². The molecule has 0 fully saturated rings. The van der Waals surface area contributed by atoms with E-state index in [1.165, 1.54) is 18.2 Å². The summed E-state index contributed by atoms with van der Waals surface area (Å²) in [7, 11) is 0. The first kappa shape index (κ1) is 26.2. The maximum Gasteiger partial charge on any atom is 0.407 e. The Kier molecular flexibility index (Phi) is 8.94. The monoisotopic (exact) mass is 489 g/mol. The summed E-state index contributed by atoms with van der Waals surface area (Å²) in [5, 5.41) is 2.40. The zero-order chi connectivity index (χ0) is 26.1. The van der Waals surface area contributed by atoms with E-state index >= 15 is 0 Å². The van der Waals surface area contributed by atoms with Crippen molar-refractivity contribution < 1.29 is 33.4 Å². The van der Waals surface area contributed by atoms with Crippen LogP contribution >= 0.6 is 0 Å². The molecule has 0 radical (unpaired) electrons. The molecule has 1 amide bonds. The van der Waals surface area contributed by atoms with E-state index in [0.717, 1.165) is 11.1 Å². The van der Waals surface area contributed by atoms with E-state index in [9.17, 15) is 19.2 Å². The summed E-state index contributed by atoms with van der Waals surface area (Å²) in [5.41, 5.74) is 2.22. The number of esters is 2. The first-order valence-electron chi connectivity index (χ1n) is 11.3. The van der Waals surface area contributed by atoms with Crippen molar-refractivity contribution in [3.05, 3.63) is 95.1 Å². The summed E-state index contributed by atoms with van der Waals surface area (Å²) in [6.45, 7) is 4.95. The lowest BCUT2D eigenvalue weighted by Crippen LogP contribution is -2.30.